The number of amides is 1. The summed E-state index contributed by atoms with van der Waals surface area (Å²) in [6.45, 7) is 1.84. The molecule has 0 saturated heterocycles. The highest BCUT2D eigenvalue weighted by Gasteiger charge is 2.20. The van der Waals surface area contributed by atoms with E-state index in [0.717, 1.165) is 0 Å². The van der Waals surface area contributed by atoms with Crippen LogP contribution in [0.5, 0.6) is 0 Å². The Morgan fingerprint density at radius 2 is 2.24 bits per heavy atom. The topological polar surface area (TPSA) is 88.4 Å². The number of aromatic amines is 1. The first-order chi connectivity index (χ1) is 9.93. The number of halogens is 1. The number of carbonyl (C=O) groups is 2. The fourth-order valence-corrected chi connectivity index (χ4v) is 2.02. The summed E-state index contributed by atoms with van der Waals surface area (Å²) in [5, 5.41) is 6.48. The first kappa shape index (κ1) is 15.1. The zero-order valence-electron chi connectivity index (χ0n) is 11.8. The van der Waals surface area contributed by atoms with E-state index < -0.39 is 5.97 Å². The Labute approximate surface area is 125 Å². The zero-order valence-corrected chi connectivity index (χ0v) is 12.5. The Balaban J connectivity index is 2.13. The number of carbonyl (C=O) groups excluding carboxylic acids is 2. The SMILES string of the molecule is COC(=O)c1cc(CN(C)C(=O)c2[nH]ncc2Cl)oc1C. The standard InChI is InChI=1S/C13H14ClN3O4/c1-7-9(13(19)20-3)4-8(21-7)6-17(2)12(18)11-10(14)5-15-16-11/h4-5H,6H2,1-3H3,(H,15,16). The molecule has 2 heterocycles. The smallest absolute Gasteiger partial charge is 0.341 e. The first-order valence-corrected chi connectivity index (χ1v) is 6.43. The molecule has 0 bridgehead atoms. The summed E-state index contributed by atoms with van der Waals surface area (Å²) in [6.07, 6.45) is 1.36. The summed E-state index contributed by atoms with van der Waals surface area (Å²) in [5.74, 6) is 0.107. The fourth-order valence-electron chi connectivity index (χ4n) is 1.85. The maximum Gasteiger partial charge on any atom is 0.341 e. The van der Waals surface area contributed by atoms with Gasteiger partial charge in [-0.05, 0) is 13.0 Å². The largest absolute Gasteiger partial charge is 0.465 e. The Hall–Kier alpha value is -2.28. The highest BCUT2D eigenvalue weighted by atomic mass is 35.5. The number of aryl methyl sites for hydroxylation is 1. The van der Waals surface area contributed by atoms with E-state index in [-0.39, 0.29) is 23.2 Å². The van der Waals surface area contributed by atoms with E-state index in [0.29, 0.717) is 17.1 Å². The van der Waals surface area contributed by atoms with Crippen molar-refractivity contribution in [3.63, 3.8) is 0 Å². The van der Waals surface area contributed by atoms with E-state index in [9.17, 15) is 9.59 Å². The molecule has 0 aromatic carbocycles. The molecule has 0 unspecified atom stereocenters. The molecule has 7 nitrogen and oxygen atoms in total. The average molecular weight is 312 g/mol. The second-order valence-corrected chi connectivity index (χ2v) is 4.84. The van der Waals surface area contributed by atoms with Gasteiger partial charge in [-0.2, -0.15) is 5.10 Å². The van der Waals surface area contributed by atoms with Crippen LogP contribution in [-0.4, -0.2) is 41.1 Å². The van der Waals surface area contributed by atoms with Crippen LogP contribution in [0.1, 0.15) is 32.4 Å². The van der Waals surface area contributed by atoms with Crippen molar-refractivity contribution < 1.29 is 18.7 Å². The van der Waals surface area contributed by atoms with Crippen molar-refractivity contribution in [1.82, 2.24) is 15.1 Å². The highest BCUT2D eigenvalue weighted by molar-refractivity contribution is 6.33. The molecule has 0 radical (unpaired) electrons. The fraction of sp³-hybridized carbons (Fsp3) is 0.308. The number of ether oxygens (including phenoxy) is 1. The number of aromatic nitrogens is 2. The molecule has 8 heteroatoms. The van der Waals surface area contributed by atoms with Crippen LogP contribution < -0.4 is 0 Å². The molecule has 112 valence electrons. The lowest BCUT2D eigenvalue weighted by Crippen LogP contribution is -2.26. The molecule has 1 N–H and O–H groups in total. The van der Waals surface area contributed by atoms with Crippen molar-refractivity contribution in [1.29, 1.82) is 0 Å². The number of H-pyrrole nitrogens is 1. The van der Waals surface area contributed by atoms with Gasteiger partial charge in [-0.3, -0.25) is 9.89 Å². The maximum absolute atomic E-state index is 12.1. The third-order valence-corrected chi connectivity index (χ3v) is 3.21. The number of nitrogens with zero attached hydrogens (tertiary/aromatic N) is 2. The third-order valence-electron chi connectivity index (χ3n) is 2.92. The lowest BCUT2D eigenvalue weighted by atomic mass is 10.2. The van der Waals surface area contributed by atoms with Crippen molar-refractivity contribution in [2.75, 3.05) is 14.2 Å². The van der Waals surface area contributed by atoms with Crippen LogP contribution in [0, 0.1) is 6.92 Å². The molecule has 0 saturated carbocycles. The molecule has 2 aromatic rings. The van der Waals surface area contributed by atoms with Gasteiger partial charge in [0.25, 0.3) is 5.91 Å². The molecule has 0 atom stereocenters. The van der Waals surface area contributed by atoms with Crippen LogP contribution in [0.25, 0.3) is 0 Å². The molecule has 0 spiro atoms. The highest BCUT2D eigenvalue weighted by Crippen LogP contribution is 2.19. The van der Waals surface area contributed by atoms with Gasteiger partial charge in [0.15, 0.2) is 0 Å². The van der Waals surface area contributed by atoms with E-state index >= 15 is 0 Å². The van der Waals surface area contributed by atoms with E-state index in [1.54, 1.807) is 20.0 Å². The van der Waals surface area contributed by atoms with Crippen LogP contribution in [-0.2, 0) is 11.3 Å². The minimum atomic E-state index is -0.479. The average Bonchev–Trinajstić information content (AvgIpc) is 3.03. The maximum atomic E-state index is 12.1. The van der Waals surface area contributed by atoms with Crippen molar-refractivity contribution in [2.45, 2.75) is 13.5 Å². The molecule has 0 aliphatic carbocycles. The second kappa shape index (κ2) is 6.01. The first-order valence-electron chi connectivity index (χ1n) is 6.06. The third kappa shape index (κ3) is 3.08. The van der Waals surface area contributed by atoms with E-state index in [4.69, 9.17) is 16.0 Å². The number of hydrogen-bond donors (Lipinski definition) is 1. The zero-order chi connectivity index (χ0) is 15.6. The lowest BCUT2D eigenvalue weighted by molar-refractivity contribution is 0.0598. The molecule has 21 heavy (non-hydrogen) atoms. The van der Waals surface area contributed by atoms with Crippen molar-refractivity contribution >= 4 is 23.5 Å². The summed E-state index contributed by atoms with van der Waals surface area (Å²) < 4.78 is 10.1. The van der Waals surface area contributed by atoms with Crippen molar-refractivity contribution in [3.8, 4) is 0 Å². The molecule has 2 aromatic heterocycles. The number of nitrogens with one attached hydrogen (secondary N) is 1. The van der Waals surface area contributed by atoms with Gasteiger partial charge in [0.1, 0.15) is 22.8 Å². The number of rotatable bonds is 4. The van der Waals surface area contributed by atoms with E-state index in [1.165, 1.54) is 18.2 Å². The van der Waals surface area contributed by atoms with Gasteiger partial charge in [-0.1, -0.05) is 11.6 Å². The van der Waals surface area contributed by atoms with Crippen LogP contribution in [0.15, 0.2) is 16.7 Å². The van der Waals surface area contributed by atoms with Gasteiger partial charge in [0, 0.05) is 7.05 Å². The molecular formula is C13H14ClN3O4. The van der Waals surface area contributed by atoms with Gasteiger partial charge in [-0.15, -0.1) is 0 Å². The van der Waals surface area contributed by atoms with Crippen LogP contribution in [0.2, 0.25) is 5.02 Å². The Bertz CT molecular complexity index is 677. The lowest BCUT2D eigenvalue weighted by Gasteiger charge is -2.14. The Morgan fingerprint density at radius 3 is 2.81 bits per heavy atom. The number of methoxy groups -OCH3 is 1. The summed E-state index contributed by atoms with van der Waals surface area (Å²) in [5.41, 5.74) is 0.545. The van der Waals surface area contributed by atoms with Crippen molar-refractivity contribution in [3.05, 3.63) is 40.1 Å². The summed E-state index contributed by atoms with van der Waals surface area (Å²) in [7, 11) is 2.89. The number of hydrogen-bond acceptors (Lipinski definition) is 5. The van der Waals surface area contributed by atoms with Crippen LogP contribution in [0.3, 0.4) is 0 Å². The quantitative estimate of drug-likeness (QED) is 0.873. The predicted molar refractivity (Wildman–Crippen MR) is 74.2 cm³/mol. The van der Waals surface area contributed by atoms with Crippen molar-refractivity contribution in [2.24, 2.45) is 0 Å². The number of furan rings is 1. The minimum absolute atomic E-state index is 0.187. The molecule has 1 amide bonds. The van der Waals surface area contributed by atoms with Gasteiger partial charge >= 0.3 is 5.97 Å². The normalized spacial score (nSPS) is 10.5. The summed E-state index contributed by atoms with van der Waals surface area (Å²) in [4.78, 5) is 25.1. The minimum Gasteiger partial charge on any atom is -0.465 e. The van der Waals surface area contributed by atoms with Gasteiger partial charge in [-0.25, -0.2) is 4.79 Å². The van der Waals surface area contributed by atoms with Gasteiger partial charge < -0.3 is 14.1 Å². The molecule has 0 aliphatic heterocycles. The van der Waals surface area contributed by atoms with E-state index in [1.807, 2.05) is 0 Å². The van der Waals surface area contributed by atoms with E-state index in [2.05, 4.69) is 14.9 Å². The Kier molecular flexibility index (Phi) is 4.32. The molecule has 0 aliphatic rings. The van der Waals surface area contributed by atoms with Gasteiger partial charge in [0.05, 0.1) is 24.9 Å². The van der Waals surface area contributed by atoms with Crippen LogP contribution >= 0.6 is 11.6 Å². The van der Waals surface area contributed by atoms with Gasteiger partial charge in [0.2, 0.25) is 0 Å². The number of esters is 1. The molecular weight excluding hydrogens is 298 g/mol. The summed E-state index contributed by atoms with van der Waals surface area (Å²) >= 11 is 5.85. The summed E-state index contributed by atoms with van der Waals surface area (Å²) in [6, 6.07) is 1.56. The predicted octanol–water partition coefficient (Wildman–Crippen LogP) is 2.02. The second-order valence-electron chi connectivity index (χ2n) is 4.43. The monoisotopic (exact) mass is 311 g/mol. The molecule has 0 fully saturated rings. The Morgan fingerprint density at radius 1 is 1.52 bits per heavy atom. The molecule has 2 rings (SSSR count). The van der Waals surface area contributed by atoms with Crippen LogP contribution in [0.4, 0.5) is 0 Å².